The molecule has 0 radical (unpaired) electrons. The van der Waals surface area contributed by atoms with Gasteiger partial charge in [-0.05, 0) is 68.6 Å². The third-order valence-corrected chi connectivity index (χ3v) is 5.82. The monoisotopic (exact) mass is 350 g/mol. The van der Waals surface area contributed by atoms with Crippen LogP contribution in [-0.4, -0.2) is 28.4 Å². The Balaban J connectivity index is 1.52. The largest absolute Gasteiger partial charge is 0.335 e. The van der Waals surface area contributed by atoms with Crippen LogP contribution in [-0.2, 0) is 19.3 Å². The molecule has 136 valence electrons. The molecule has 1 aliphatic carbocycles. The van der Waals surface area contributed by atoms with Crippen molar-refractivity contribution in [2.24, 2.45) is 0 Å². The molecule has 1 saturated heterocycles. The fourth-order valence-corrected chi connectivity index (χ4v) is 4.37. The van der Waals surface area contributed by atoms with E-state index in [-0.39, 0.29) is 17.5 Å². The van der Waals surface area contributed by atoms with E-state index >= 15 is 0 Å². The van der Waals surface area contributed by atoms with Gasteiger partial charge in [-0.15, -0.1) is 0 Å². The predicted molar refractivity (Wildman–Crippen MR) is 103 cm³/mol. The summed E-state index contributed by atoms with van der Waals surface area (Å²) < 4.78 is 0. The highest BCUT2D eigenvalue weighted by atomic mass is 16.2. The van der Waals surface area contributed by atoms with E-state index in [4.69, 9.17) is 0 Å². The number of likely N-dealkylation sites (tertiary alicyclic amines) is 1. The van der Waals surface area contributed by atoms with Gasteiger partial charge < -0.3 is 9.88 Å². The quantitative estimate of drug-likeness (QED) is 0.918. The zero-order chi connectivity index (χ0) is 17.9. The molecule has 2 aromatic rings. The van der Waals surface area contributed by atoms with Gasteiger partial charge in [-0.1, -0.05) is 30.3 Å². The molecule has 1 aromatic carbocycles. The van der Waals surface area contributed by atoms with Crippen molar-refractivity contribution >= 4 is 5.91 Å². The molecule has 4 rings (SSSR count). The number of aromatic amines is 1. The van der Waals surface area contributed by atoms with E-state index in [1.54, 1.807) is 0 Å². The molecule has 0 bridgehead atoms. The maximum absolute atomic E-state index is 13.1. The molecule has 2 heterocycles. The summed E-state index contributed by atoms with van der Waals surface area (Å²) in [5, 5.41) is 0. The number of aryl methyl sites for hydroxylation is 3. The summed E-state index contributed by atoms with van der Waals surface area (Å²) in [6.07, 6.45) is 8.08. The van der Waals surface area contributed by atoms with Crippen molar-refractivity contribution in [3.63, 3.8) is 0 Å². The lowest BCUT2D eigenvalue weighted by molar-refractivity contribution is 0.0600. The number of piperidine rings is 1. The van der Waals surface area contributed by atoms with Crippen LogP contribution in [0.3, 0.4) is 0 Å². The molecule has 2 aliphatic rings. The Bertz CT molecular complexity index is 841. The van der Waals surface area contributed by atoms with Crippen LogP contribution in [0.25, 0.3) is 0 Å². The molecule has 4 nitrogen and oxygen atoms in total. The number of nitrogens with one attached hydrogen (secondary N) is 1. The molecule has 0 spiro atoms. The predicted octanol–water partition coefficient (Wildman–Crippen LogP) is 3.49. The summed E-state index contributed by atoms with van der Waals surface area (Å²) in [5.74, 6) is -0.0845. The van der Waals surface area contributed by atoms with Gasteiger partial charge >= 0.3 is 0 Å². The van der Waals surface area contributed by atoms with Crippen LogP contribution < -0.4 is 5.56 Å². The summed E-state index contributed by atoms with van der Waals surface area (Å²) in [4.78, 5) is 30.5. The number of hydrogen-bond donors (Lipinski definition) is 1. The van der Waals surface area contributed by atoms with Crippen LogP contribution in [0.5, 0.6) is 0 Å². The van der Waals surface area contributed by atoms with Crippen LogP contribution in [0.15, 0.2) is 41.2 Å². The average Bonchev–Trinajstić information content (AvgIpc) is 3.13. The van der Waals surface area contributed by atoms with E-state index in [0.717, 1.165) is 69.2 Å². The number of aromatic nitrogens is 1. The molecular formula is C22H26N2O2. The van der Waals surface area contributed by atoms with Gasteiger partial charge in [0, 0.05) is 18.3 Å². The molecule has 0 unspecified atom stereocenters. The number of carbonyl (C=O) groups excluding carboxylic acids is 1. The van der Waals surface area contributed by atoms with Gasteiger partial charge in [0.15, 0.2) is 0 Å². The summed E-state index contributed by atoms with van der Waals surface area (Å²) in [7, 11) is 0. The first-order valence-corrected chi connectivity index (χ1v) is 9.82. The summed E-state index contributed by atoms with van der Waals surface area (Å²) in [6, 6.07) is 12.5. The second-order valence-corrected chi connectivity index (χ2v) is 7.54. The minimum atomic E-state index is -0.219. The van der Waals surface area contributed by atoms with Gasteiger partial charge in [0.2, 0.25) is 0 Å². The van der Waals surface area contributed by atoms with Gasteiger partial charge in [0.1, 0.15) is 5.56 Å². The Labute approximate surface area is 154 Å². The van der Waals surface area contributed by atoms with E-state index in [9.17, 15) is 9.59 Å². The molecule has 1 amide bonds. The van der Waals surface area contributed by atoms with E-state index < -0.39 is 0 Å². The number of pyridine rings is 1. The second kappa shape index (κ2) is 7.48. The Hall–Kier alpha value is -2.36. The number of rotatable bonds is 4. The van der Waals surface area contributed by atoms with E-state index in [1.165, 1.54) is 5.56 Å². The lowest BCUT2D eigenvalue weighted by atomic mass is 9.95. The van der Waals surface area contributed by atoms with Gasteiger partial charge in [0.25, 0.3) is 11.5 Å². The SMILES string of the molecule is O=C(c1cc2c([nH]c1=O)CCC2)N1CCCC[C@H]1CCc1ccccc1. The normalized spacial score (nSPS) is 19.4. The fraction of sp³-hybridized carbons (Fsp3) is 0.455. The topological polar surface area (TPSA) is 53.2 Å². The van der Waals surface area contributed by atoms with Crippen molar-refractivity contribution in [2.75, 3.05) is 6.54 Å². The number of amides is 1. The van der Waals surface area contributed by atoms with Crippen LogP contribution in [0, 0.1) is 0 Å². The van der Waals surface area contributed by atoms with Crippen molar-refractivity contribution in [3.05, 3.63) is 69.1 Å². The molecule has 1 atom stereocenters. The first-order valence-electron chi connectivity index (χ1n) is 9.82. The van der Waals surface area contributed by atoms with Crippen molar-refractivity contribution in [1.29, 1.82) is 0 Å². The van der Waals surface area contributed by atoms with E-state index in [1.807, 2.05) is 17.0 Å². The molecule has 1 aromatic heterocycles. The summed E-state index contributed by atoms with van der Waals surface area (Å²) >= 11 is 0. The number of carbonyl (C=O) groups is 1. The van der Waals surface area contributed by atoms with Gasteiger partial charge in [-0.2, -0.15) is 0 Å². The van der Waals surface area contributed by atoms with Crippen molar-refractivity contribution in [1.82, 2.24) is 9.88 Å². The van der Waals surface area contributed by atoms with Crippen LogP contribution in [0.2, 0.25) is 0 Å². The number of fused-ring (bicyclic) bond motifs is 1. The number of benzene rings is 1. The fourth-order valence-electron chi connectivity index (χ4n) is 4.37. The highest BCUT2D eigenvalue weighted by molar-refractivity contribution is 5.94. The summed E-state index contributed by atoms with van der Waals surface area (Å²) in [6.45, 7) is 0.759. The van der Waals surface area contributed by atoms with Crippen LogP contribution in [0.4, 0.5) is 0 Å². The number of hydrogen-bond acceptors (Lipinski definition) is 2. The molecule has 1 fully saturated rings. The van der Waals surface area contributed by atoms with Gasteiger partial charge in [-0.3, -0.25) is 9.59 Å². The molecule has 26 heavy (non-hydrogen) atoms. The highest BCUT2D eigenvalue weighted by Gasteiger charge is 2.29. The third kappa shape index (κ3) is 3.46. The van der Waals surface area contributed by atoms with Crippen LogP contribution in [0.1, 0.15) is 59.3 Å². The average molecular weight is 350 g/mol. The zero-order valence-electron chi connectivity index (χ0n) is 15.2. The Kier molecular flexibility index (Phi) is 4.91. The molecule has 0 saturated carbocycles. The Morgan fingerprint density at radius 3 is 2.81 bits per heavy atom. The minimum absolute atomic E-state index is 0.0845. The minimum Gasteiger partial charge on any atom is -0.335 e. The highest BCUT2D eigenvalue weighted by Crippen LogP contribution is 2.24. The first kappa shape index (κ1) is 17.1. The van der Waals surface area contributed by atoms with E-state index in [2.05, 4.69) is 29.2 Å². The second-order valence-electron chi connectivity index (χ2n) is 7.54. The van der Waals surface area contributed by atoms with Gasteiger partial charge in [0.05, 0.1) is 0 Å². The number of nitrogens with zero attached hydrogens (tertiary/aromatic N) is 1. The maximum atomic E-state index is 13.1. The lowest BCUT2D eigenvalue weighted by Gasteiger charge is -2.36. The third-order valence-electron chi connectivity index (χ3n) is 5.82. The Morgan fingerprint density at radius 1 is 1.12 bits per heavy atom. The van der Waals surface area contributed by atoms with Crippen molar-refractivity contribution in [2.45, 2.75) is 57.4 Å². The Morgan fingerprint density at radius 2 is 1.96 bits per heavy atom. The smallest absolute Gasteiger partial charge is 0.261 e. The van der Waals surface area contributed by atoms with Crippen molar-refractivity contribution < 1.29 is 4.79 Å². The maximum Gasteiger partial charge on any atom is 0.261 e. The summed E-state index contributed by atoms with van der Waals surface area (Å²) in [5.41, 5.74) is 3.58. The zero-order valence-corrected chi connectivity index (χ0v) is 15.2. The molecule has 1 N–H and O–H groups in total. The molecular weight excluding hydrogens is 324 g/mol. The first-order chi connectivity index (χ1) is 12.7. The number of H-pyrrole nitrogens is 1. The molecule has 1 aliphatic heterocycles. The van der Waals surface area contributed by atoms with Crippen LogP contribution >= 0.6 is 0 Å². The lowest BCUT2D eigenvalue weighted by Crippen LogP contribution is -2.45. The van der Waals surface area contributed by atoms with E-state index in [0.29, 0.717) is 5.56 Å². The standard InChI is InChI=1S/C22H26N2O2/c25-21-19(15-17-9-6-11-20(17)23-21)22(26)24-14-5-4-10-18(24)13-12-16-7-2-1-3-8-16/h1-3,7-8,15,18H,4-6,9-14H2,(H,23,25)/t18-/m0/s1. The molecule has 4 heteroatoms. The van der Waals surface area contributed by atoms with Crippen molar-refractivity contribution in [3.8, 4) is 0 Å². The van der Waals surface area contributed by atoms with Gasteiger partial charge in [-0.25, -0.2) is 0 Å².